The second-order valence-corrected chi connectivity index (χ2v) is 8.78. The van der Waals surface area contributed by atoms with Gasteiger partial charge in [-0.15, -0.1) is 0 Å². The number of nitrogens with one attached hydrogen (secondary N) is 2. The van der Waals surface area contributed by atoms with Crippen molar-refractivity contribution in [2.75, 3.05) is 13.2 Å². The Labute approximate surface area is 197 Å². The van der Waals surface area contributed by atoms with Crippen LogP contribution in [0.15, 0.2) is 46.7 Å². The van der Waals surface area contributed by atoms with Gasteiger partial charge in [-0.3, -0.25) is 19.4 Å². The van der Waals surface area contributed by atoms with E-state index >= 15 is 0 Å². The molecule has 1 heterocycles. The van der Waals surface area contributed by atoms with E-state index in [1.165, 1.54) is 5.57 Å². The fraction of sp³-hybridized carbons (Fsp3) is 0.538. The summed E-state index contributed by atoms with van der Waals surface area (Å²) in [6.07, 6.45) is 5.00. The number of hydrogen-bond acceptors (Lipinski definition) is 5. The van der Waals surface area contributed by atoms with E-state index in [9.17, 15) is 14.4 Å². The maximum atomic E-state index is 13.1. The lowest BCUT2D eigenvalue weighted by molar-refractivity contribution is -0.143. The standard InChI is InChI=1S/C26H37N3O4/c1-6-33-22(30)11-9-15-28-26(32)24(17(2)3)29-25(31)23-18(4)16-20(19(23)5)12-13-21-10-7-8-14-27-21/h7-8,10,14,17,24H,6,9,11-13,15-16H2,1-5H3,(H,28,32)(H,29,31)/t24-/m0/s1. The summed E-state index contributed by atoms with van der Waals surface area (Å²) in [6.45, 7) is 10.2. The second-order valence-electron chi connectivity index (χ2n) is 8.78. The Morgan fingerprint density at radius 3 is 2.55 bits per heavy atom. The first kappa shape index (κ1) is 26.3. The number of carbonyl (C=O) groups is 3. The molecular weight excluding hydrogens is 418 g/mol. The quantitative estimate of drug-likeness (QED) is 0.370. The fourth-order valence-electron chi connectivity index (χ4n) is 4.04. The maximum Gasteiger partial charge on any atom is 0.305 e. The predicted octanol–water partition coefficient (Wildman–Crippen LogP) is 3.65. The summed E-state index contributed by atoms with van der Waals surface area (Å²) in [5, 5.41) is 5.77. The highest BCUT2D eigenvalue weighted by molar-refractivity contribution is 6.02. The number of pyridine rings is 1. The molecule has 0 unspecified atom stereocenters. The summed E-state index contributed by atoms with van der Waals surface area (Å²) in [4.78, 5) is 41.7. The largest absolute Gasteiger partial charge is 0.466 e. The van der Waals surface area contributed by atoms with Crippen LogP contribution in [0.3, 0.4) is 0 Å². The Bertz CT molecular complexity index is 903. The van der Waals surface area contributed by atoms with Crippen LogP contribution in [0.4, 0.5) is 0 Å². The van der Waals surface area contributed by atoms with Gasteiger partial charge in [0.2, 0.25) is 5.91 Å². The third-order valence-electron chi connectivity index (χ3n) is 5.84. The lowest BCUT2D eigenvalue weighted by Gasteiger charge is -2.22. The van der Waals surface area contributed by atoms with E-state index in [0.29, 0.717) is 25.1 Å². The molecule has 0 saturated heterocycles. The number of carbonyl (C=O) groups excluding carboxylic acids is 3. The number of ether oxygens (including phenoxy) is 1. The molecule has 1 aromatic rings. The predicted molar refractivity (Wildman–Crippen MR) is 128 cm³/mol. The zero-order valence-electron chi connectivity index (χ0n) is 20.5. The Kier molecular flexibility index (Phi) is 10.3. The summed E-state index contributed by atoms with van der Waals surface area (Å²) < 4.78 is 4.89. The van der Waals surface area contributed by atoms with Crippen molar-refractivity contribution in [1.29, 1.82) is 0 Å². The van der Waals surface area contributed by atoms with Crippen LogP contribution < -0.4 is 10.6 Å². The number of rotatable bonds is 12. The first-order valence-corrected chi connectivity index (χ1v) is 11.8. The molecule has 0 bridgehead atoms. The van der Waals surface area contributed by atoms with Gasteiger partial charge in [-0.05, 0) is 70.1 Å². The topological polar surface area (TPSA) is 97.4 Å². The smallest absolute Gasteiger partial charge is 0.305 e. The van der Waals surface area contributed by atoms with Crippen LogP contribution in [-0.4, -0.2) is 42.0 Å². The number of aromatic nitrogens is 1. The van der Waals surface area contributed by atoms with Gasteiger partial charge >= 0.3 is 5.97 Å². The molecule has 180 valence electrons. The van der Waals surface area contributed by atoms with Crippen molar-refractivity contribution >= 4 is 17.8 Å². The van der Waals surface area contributed by atoms with E-state index in [4.69, 9.17) is 4.74 Å². The van der Waals surface area contributed by atoms with Crippen molar-refractivity contribution < 1.29 is 19.1 Å². The van der Waals surface area contributed by atoms with Crippen molar-refractivity contribution in [1.82, 2.24) is 15.6 Å². The molecule has 7 nitrogen and oxygen atoms in total. The molecule has 33 heavy (non-hydrogen) atoms. The van der Waals surface area contributed by atoms with Crippen LogP contribution >= 0.6 is 0 Å². The molecule has 2 rings (SSSR count). The molecule has 0 saturated carbocycles. The molecule has 0 spiro atoms. The molecule has 0 aromatic carbocycles. The van der Waals surface area contributed by atoms with Gasteiger partial charge in [-0.2, -0.15) is 0 Å². The number of nitrogens with zero attached hydrogens (tertiary/aromatic N) is 1. The van der Waals surface area contributed by atoms with E-state index in [1.807, 2.05) is 45.9 Å². The number of hydrogen-bond donors (Lipinski definition) is 2. The molecule has 1 aromatic heterocycles. The van der Waals surface area contributed by atoms with Gasteiger partial charge in [0.15, 0.2) is 0 Å². The Hall–Kier alpha value is -2.96. The zero-order valence-corrected chi connectivity index (χ0v) is 20.5. The molecule has 0 fully saturated rings. The van der Waals surface area contributed by atoms with Crippen molar-refractivity contribution in [3.05, 3.63) is 52.4 Å². The van der Waals surface area contributed by atoms with Crippen LogP contribution in [0.1, 0.15) is 66.0 Å². The zero-order chi connectivity index (χ0) is 24.4. The van der Waals surface area contributed by atoms with Gasteiger partial charge in [-0.1, -0.05) is 31.1 Å². The van der Waals surface area contributed by atoms with Crippen LogP contribution in [0.2, 0.25) is 0 Å². The van der Waals surface area contributed by atoms with Crippen molar-refractivity contribution in [2.45, 2.75) is 72.8 Å². The minimum atomic E-state index is -0.647. The first-order valence-electron chi connectivity index (χ1n) is 11.8. The highest BCUT2D eigenvalue weighted by atomic mass is 16.5. The van der Waals surface area contributed by atoms with Gasteiger partial charge in [0, 0.05) is 30.4 Å². The minimum absolute atomic E-state index is 0.0748. The monoisotopic (exact) mass is 455 g/mol. The number of aryl methyl sites for hydroxylation is 1. The Balaban J connectivity index is 1.95. The van der Waals surface area contributed by atoms with Crippen LogP contribution in [0, 0.1) is 5.92 Å². The van der Waals surface area contributed by atoms with E-state index in [1.54, 1.807) is 13.1 Å². The van der Waals surface area contributed by atoms with Crippen LogP contribution in [-0.2, 0) is 25.5 Å². The lowest BCUT2D eigenvalue weighted by atomic mass is 10.00. The highest BCUT2D eigenvalue weighted by Gasteiger charge is 2.29. The minimum Gasteiger partial charge on any atom is -0.466 e. The molecule has 2 amide bonds. The molecule has 2 N–H and O–H groups in total. The normalized spacial score (nSPS) is 14.5. The van der Waals surface area contributed by atoms with Gasteiger partial charge in [0.05, 0.1) is 6.61 Å². The Morgan fingerprint density at radius 1 is 1.15 bits per heavy atom. The molecule has 1 aliphatic rings. The third-order valence-corrected chi connectivity index (χ3v) is 5.84. The average molecular weight is 456 g/mol. The van der Waals surface area contributed by atoms with E-state index in [0.717, 1.165) is 36.1 Å². The summed E-state index contributed by atoms with van der Waals surface area (Å²) in [7, 11) is 0. The number of amides is 2. The van der Waals surface area contributed by atoms with Gasteiger partial charge in [0.1, 0.15) is 6.04 Å². The van der Waals surface area contributed by atoms with Crippen molar-refractivity contribution in [2.24, 2.45) is 5.92 Å². The van der Waals surface area contributed by atoms with Crippen LogP contribution in [0.5, 0.6) is 0 Å². The van der Waals surface area contributed by atoms with Gasteiger partial charge in [0.25, 0.3) is 5.91 Å². The molecular formula is C26H37N3O4. The maximum absolute atomic E-state index is 13.1. The lowest BCUT2D eigenvalue weighted by Crippen LogP contribution is -2.50. The summed E-state index contributed by atoms with van der Waals surface area (Å²) in [6, 6.07) is 5.25. The second kappa shape index (κ2) is 12.9. The first-order chi connectivity index (χ1) is 15.7. The number of allylic oxidation sites excluding steroid dienone is 2. The van der Waals surface area contributed by atoms with Gasteiger partial charge in [-0.25, -0.2) is 0 Å². The van der Waals surface area contributed by atoms with Gasteiger partial charge < -0.3 is 15.4 Å². The molecule has 1 atom stereocenters. The molecule has 1 aliphatic carbocycles. The van der Waals surface area contributed by atoms with E-state index < -0.39 is 6.04 Å². The third kappa shape index (κ3) is 7.84. The SMILES string of the molecule is CCOC(=O)CCCNC(=O)[C@@H](NC(=O)C1=C(C)CC(CCc2ccccn2)=C1C)C(C)C. The number of esters is 1. The van der Waals surface area contributed by atoms with E-state index in [-0.39, 0.29) is 30.1 Å². The molecule has 0 aliphatic heterocycles. The Morgan fingerprint density at radius 2 is 1.91 bits per heavy atom. The summed E-state index contributed by atoms with van der Waals surface area (Å²) in [5.74, 6) is -0.798. The highest BCUT2D eigenvalue weighted by Crippen LogP contribution is 2.34. The molecule has 7 heteroatoms. The molecule has 0 radical (unpaired) electrons. The average Bonchev–Trinajstić information content (AvgIpc) is 3.07. The fourth-order valence-corrected chi connectivity index (χ4v) is 4.04. The summed E-state index contributed by atoms with van der Waals surface area (Å²) >= 11 is 0. The van der Waals surface area contributed by atoms with Crippen LogP contribution in [0.25, 0.3) is 0 Å². The van der Waals surface area contributed by atoms with Crippen molar-refractivity contribution in [3.63, 3.8) is 0 Å². The summed E-state index contributed by atoms with van der Waals surface area (Å²) in [5.41, 5.74) is 4.99. The van der Waals surface area contributed by atoms with E-state index in [2.05, 4.69) is 15.6 Å². The van der Waals surface area contributed by atoms with Crippen molar-refractivity contribution in [3.8, 4) is 0 Å².